The monoisotopic (exact) mass is 273 g/mol. The molecule has 2 aliphatic rings. The van der Waals surface area contributed by atoms with Crippen molar-refractivity contribution < 1.29 is 9.59 Å². The molecule has 20 heavy (non-hydrogen) atoms. The fourth-order valence-corrected chi connectivity index (χ4v) is 2.76. The highest BCUT2D eigenvalue weighted by atomic mass is 16.2. The predicted octanol–water partition coefficient (Wildman–Crippen LogP) is 1.05. The molecular formula is C15H19N3O2. The van der Waals surface area contributed by atoms with Gasteiger partial charge in [0.25, 0.3) is 5.91 Å². The van der Waals surface area contributed by atoms with Gasteiger partial charge >= 0.3 is 0 Å². The topological polar surface area (TPSA) is 70.2 Å². The van der Waals surface area contributed by atoms with E-state index in [2.05, 4.69) is 16.0 Å². The molecule has 0 atom stereocenters. The molecule has 0 aromatic heterocycles. The van der Waals surface area contributed by atoms with Crippen LogP contribution >= 0.6 is 0 Å². The molecule has 3 N–H and O–H groups in total. The second-order valence-corrected chi connectivity index (χ2v) is 5.42. The van der Waals surface area contributed by atoms with Gasteiger partial charge in [-0.15, -0.1) is 0 Å². The molecule has 2 heterocycles. The van der Waals surface area contributed by atoms with Crippen LogP contribution < -0.4 is 16.0 Å². The second kappa shape index (κ2) is 5.63. The van der Waals surface area contributed by atoms with Crippen LogP contribution in [0.2, 0.25) is 0 Å². The zero-order valence-corrected chi connectivity index (χ0v) is 11.4. The minimum absolute atomic E-state index is 0.0170. The first kappa shape index (κ1) is 13.1. The van der Waals surface area contributed by atoms with Gasteiger partial charge in [0, 0.05) is 23.7 Å². The number of carbonyl (C=O) groups is 2. The number of fused-ring (bicyclic) bond motifs is 1. The molecule has 1 saturated heterocycles. The third-order valence-electron chi connectivity index (χ3n) is 3.94. The van der Waals surface area contributed by atoms with Crippen LogP contribution in [0.5, 0.6) is 0 Å². The van der Waals surface area contributed by atoms with E-state index in [0.717, 1.165) is 37.2 Å². The molecule has 5 nitrogen and oxygen atoms in total. The molecule has 0 saturated carbocycles. The third-order valence-corrected chi connectivity index (χ3v) is 3.94. The lowest BCUT2D eigenvalue weighted by atomic mass is 9.99. The number of hydrogen-bond donors (Lipinski definition) is 3. The molecule has 5 heteroatoms. The first-order valence-corrected chi connectivity index (χ1v) is 7.17. The van der Waals surface area contributed by atoms with Gasteiger partial charge in [-0.25, -0.2) is 0 Å². The molecule has 2 aliphatic heterocycles. The van der Waals surface area contributed by atoms with Gasteiger partial charge < -0.3 is 16.0 Å². The zero-order valence-electron chi connectivity index (χ0n) is 11.4. The van der Waals surface area contributed by atoms with Crippen LogP contribution in [-0.2, 0) is 11.2 Å². The number of benzene rings is 1. The number of aryl methyl sites for hydroxylation is 1. The predicted molar refractivity (Wildman–Crippen MR) is 76.8 cm³/mol. The number of piperidine rings is 1. The summed E-state index contributed by atoms with van der Waals surface area (Å²) < 4.78 is 0. The molecule has 0 bridgehead atoms. The summed E-state index contributed by atoms with van der Waals surface area (Å²) in [7, 11) is 0. The lowest BCUT2D eigenvalue weighted by molar-refractivity contribution is -0.116. The van der Waals surface area contributed by atoms with Gasteiger partial charge in [0.05, 0.1) is 0 Å². The van der Waals surface area contributed by atoms with E-state index >= 15 is 0 Å². The van der Waals surface area contributed by atoms with E-state index in [1.165, 1.54) is 0 Å². The highest BCUT2D eigenvalue weighted by molar-refractivity contribution is 5.98. The summed E-state index contributed by atoms with van der Waals surface area (Å²) in [6.07, 6.45) is 3.15. The summed E-state index contributed by atoms with van der Waals surface area (Å²) in [6.45, 7) is 1.92. The van der Waals surface area contributed by atoms with Crippen molar-refractivity contribution in [2.75, 3.05) is 18.4 Å². The van der Waals surface area contributed by atoms with Crippen molar-refractivity contribution in [2.24, 2.45) is 0 Å². The Bertz CT molecular complexity index is 536. The van der Waals surface area contributed by atoms with Crippen molar-refractivity contribution in [3.8, 4) is 0 Å². The number of carbonyl (C=O) groups excluding carboxylic acids is 2. The standard InChI is InChI=1S/C15H19N3O2/c19-14-4-2-10-9-11(1-3-13(10)18-14)15(20)17-12-5-7-16-8-6-12/h1,3,9,12,16H,2,4-8H2,(H,17,20)(H,18,19). The fraction of sp³-hybridized carbons (Fsp3) is 0.467. The highest BCUT2D eigenvalue weighted by Crippen LogP contribution is 2.23. The Kier molecular flexibility index (Phi) is 3.69. The molecule has 0 aliphatic carbocycles. The molecule has 106 valence electrons. The Hall–Kier alpha value is -1.88. The van der Waals surface area contributed by atoms with Gasteiger partial charge in [-0.2, -0.15) is 0 Å². The maximum Gasteiger partial charge on any atom is 0.251 e. The van der Waals surface area contributed by atoms with Gasteiger partial charge in [0.1, 0.15) is 0 Å². The van der Waals surface area contributed by atoms with Crippen LogP contribution in [0, 0.1) is 0 Å². The normalized spacial score (nSPS) is 19.1. The minimum Gasteiger partial charge on any atom is -0.349 e. The Morgan fingerprint density at radius 3 is 2.80 bits per heavy atom. The maximum absolute atomic E-state index is 12.2. The summed E-state index contributed by atoms with van der Waals surface area (Å²) in [5.74, 6) is 0.0287. The Labute approximate surface area is 118 Å². The van der Waals surface area contributed by atoms with Crippen LogP contribution in [-0.4, -0.2) is 30.9 Å². The molecule has 1 aromatic rings. The fourth-order valence-electron chi connectivity index (χ4n) is 2.76. The average Bonchev–Trinajstić information content (AvgIpc) is 2.47. The number of hydrogen-bond acceptors (Lipinski definition) is 3. The van der Waals surface area contributed by atoms with Crippen molar-refractivity contribution in [1.82, 2.24) is 10.6 Å². The molecule has 3 rings (SSSR count). The molecular weight excluding hydrogens is 254 g/mol. The number of amides is 2. The quantitative estimate of drug-likeness (QED) is 0.754. The molecule has 1 fully saturated rings. The van der Waals surface area contributed by atoms with Gasteiger partial charge in [-0.05, 0) is 56.1 Å². The van der Waals surface area contributed by atoms with E-state index in [1.807, 2.05) is 12.1 Å². The van der Waals surface area contributed by atoms with Crippen molar-refractivity contribution in [2.45, 2.75) is 31.7 Å². The van der Waals surface area contributed by atoms with Crippen LogP contribution in [0.25, 0.3) is 0 Å². The van der Waals surface area contributed by atoms with Crippen molar-refractivity contribution in [1.29, 1.82) is 0 Å². The Morgan fingerprint density at radius 2 is 2.00 bits per heavy atom. The smallest absolute Gasteiger partial charge is 0.251 e. The zero-order chi connectivity index (χ0) is 13.9. The minimum atomic E-state index is -0.0170. The number of nitrogens with one attached hydrogen (secondary N) is 3. The second-order valence-electron chi connectivity index (χ2n) is 5.42. The summed E-state index contributed by atoms with van der Waals surface area (Å²) in [5.41, 5.74) is 2.56. The number of anilines is 1. The molecule has 0 radical (unpaired) electrons. The largest absolute Gasteiger partial charge is 0.349 e. The highest BCUT2D eigenvalue weighted by Gasteiger charge is 2.19. The Morgan fingerprint density at radius 1 is 1.20 bits per heavy atom. The van der Waals surface area contributed by atoms with E-state index in [4.69, 9.17) is 0 Å². The molecule has 1 aromatic carbocycles. The van der Waals surface area contributed by atoms with Crippen molar-refractivity contribution in [3.05, 3.63) is 29.3 Å². The molecule has 0 unspecified atom stereocenters. The van der Waals surface area contributed by atoms with Gasteiger partial charge in [-0.3, -0.25) is 9.59 Å². The summed E-state index contributed by atoms with van der Waals surface area (Å²) in [4.78, 5) is 23.6. The third kappa shape index (κ3) is 2.82. The SMILES string of the molecule is O=C1CCc2cc(C(=O)NC3CCNCC3)ccc2N1. The lowest BCUT2D eigenvalue weighted by Gasteiger charge is -2.24. The van der Waals surface area contributed by atoms with Gasteiger partial charge in [-0.1, -0.05) is 0 Å². The van der Waals surface area contributed by atoms with E-state index in [1.54, 1.807) is 6.07 Å². The maximum atomic E-state index is 12.2. The summed E-state index contributed by atoms with van der Waals surface area (Å²) in [6, 6.07) is 5.76. The first-order valence-electron chi connectivity index (χ1n) is 7.17. The molecule has 2 amide bonds. The van der Waals surface area contributed by atoms with Crippen molar-refractivity contribution in [3.63, 3.8) is 0 Å². The van der Waals surface area contributed by atoms with E-state index in [9.17, 15) is 9.59 Å². The van der Waals surface area contributed by atoms with Crippen LogP contribution in [0.4, 0.5) is 5.69 Å². The summed E-state index contributed by atoms with van der Waals surface area (Å²) >= 11 is 0. The molecule has 0 spiro atoms. The van der Waals surface area contributed by atoms with E-state index in [0.29, 0.717) is 18.4 Å². The van der Waals surface area contributed by atoms with Gasteiger partial charge in [0.2, 0.25) is 5.91 Å². The first-order chi connectivity index (χ1) is 9.72. The van der Waals surface area contributed by atoms with Crippen LogP contribution in [0.3, 0.4) is 0 Å². The van der Waals surface area contributed by atoms with Crippen LogP contribution in [0.1, 0.15) is 35.2 Å². The van der Waals surface area contributed by atoms with Crippen LogP contribution in [0.15, 0.2) is 18.2 Å². The average molecular weight is 273 g/mol. The Balaban J connectivity index is 1.70. The van der Waals surface area contributed by atoms with E-state index in [-0.39, 0.29) is 17.9 Å². The van der Waals surface area contributed by atoms with Crippen molar-refractivity contribution >= 4 is 17.5 Å². The van der Waals surface area contributed by atoms with Gasteiger partial charge in [0.15, 0.2) is 0 Å². The lowest BCUT2D eigenvalue weighted by Crippen LogP contribution is -2.42. The number of rotatable bonds is 2. The summed E-state index contributed by atoms with van der Waals surface area (Å²) in [5, 5.41) is 9.19. The van der Waals surface area contributed by atoms with E-state index < -0.39 is 0 Å².